The SMILES string of the molecule is CN1CCC[C@H]1COc1nc(N2CC3CCC(C2)N3)c2cc(F)c(-c3c[nH]c4cc(C#N)ccc34)c(F)c2n1. The number of anilines is 1. The van der Waals surface area contributed by atoms with Gasteiger partial charge in [-0.05, 0) is 57.5 Å². The molecule has 200 valence electrons. The number of nitrogens with one attached hydrogen (secondary N) is 2. The lowest BCUT2D eigenvalue weighted by atomic mass is 10.0. The van der Waals surface area contributed by atoms with E-state index in [1.165, 1.54) is 6.07 Å². The summed E-state index contributed by atoms with van der Waals surface area (Å²) in [6.45, 7) is 2.84. The van der Waals surface area contributed by atoms with Crippen molar-refractivity contribution in [2.45, 2.75) is 43.8 Å². The van der Waals surface area contributed by atoms with Gasteiger partial charge >= 0.3 is 6.01 Å². The summed E-state index contributed by atoms with van der Waals surface area (Å²) in [6, 6.07) is 9.46. The Kier molecular flexibility index (Phi) is 5.86. The third kappa shape index (κ3) is 4.17. The summed E-state index contributed by atoms with van der Waals surface area (Å²) < 4.78 is 38.2. The fraction of sp³-hybridized carbons (Fsp3) is 0.414. The molecule has 3 aliphatic rings. The quantitative estimate of drug-likeness (QED) is 0.397. The summed E-state index contributed by atoms with van der Waals surface area (Å²) >= 11 is 0. The number of likely N-dealkylation sites (N-methyl/N-ethyl adjacent to an activating group) is 1. The molecule has 2 aromatic carbocycles. The lowest BCUT2D eigenvalue weighted by Gasteiger charge is -2.34. The first-order chi connectivity index (χ1) is 19.0. The second kappa shape index (κ2) is 9.43. The lowest BCUT2D eigenvalue weighted by molar-refractivity contribution is 0.188. The number of fused-ring (bicyclic) bond motifs is 4. The van der Waals surface area contributed by atoms with Gasteiger partial charge in [-0.2, -0.15) is 15.2 Å². The number of nitriles is 1. The lowest BCUT2D eigenvalue weighted by Crippen LogP contribution is -2.51. The van der Waals surface area contributed by atoms with Crippen LogP contribution in [0.15, 0.2) is 30.5 Å². The number of halogens is 2. The normalized spacial score (nSPS) is 23.1. The van der Waals surface area contributed by atoms with Gasteiger partial charge in [-0.25, -0.2) is 8.78 Å². The van der Waals surface area contributed by atoms with E-state index in [0.717, 1.165) is 32.2 Å². The molecule has 0 radical (unpaired) electrons. The van der Waals surface area contributed by atoms with Crippen LogP contribution in [0.3, 0.4) is 0 Å². The van der Waals surface area contributed by atoms with Gasteiger partial charge in [-0.15, -0.1) is 0 Å². The molecule has 39 heavy (non-hydrogen) atoms. The maximum absolute atomic E-state index is 16.4. The molecule has 3 atom stereocenters. The van der Waals surface area contributed by atoms with Crippen LogP contribution in [0.1, 0.15) is 31.2 Å². The second-order valence-corrected chi connectivity index (χ2v) is 11.0. The Balaban J connectivity index is 1.36. The molecule has 0 spiro atoms. The summed E-state index contributed by atoms with van der Waals surface area (Å²) in [5.41, 5.74) is 1.35. The standard InChI is InChI=1S/C29H29F2N7O/c1-37-8-2-3-19(37)15-39-29-35-27-21(28(36-29)38-13-17-5-6-18(14-38)34-17)10-23(30)25(26(27)31)22-12-33-24-9-16(11-32)4-7-20(22)24/h4,7,9-10,12,17-19,33-34H,2-3,5-6,8,13-15H2,1H3/t17?,18?,19-/m0/s1. The van der Waals surface area contributed by atoms with Crippen LogP contribution in [-0.4, -0.2) is 71.3 Å². The van der Waals surface area contributed by atoms with E-state index in [9.17, 15) is 5.26 Å². The van der Waals surface area contributed by atoms with Crippen LogP contribution in [0.25, 0.3) is 32.9 Å². The van der Waals surface area contributed by atoms with E-state index in [1.54, 1.807) is 24.4 Å². The highest BCUT2D eigenvalue weighted by Crippen LogP contribution is 2.39. The Bertz CT molecular complexity index is 1620. The molecule has 7 rings (SSSR count). The molecule has 2 N–H and O–H groups in total. The zero-order chi connectivity index (χ0) is 26.7. The first-order valence-corrected chi connectivity index (χ1v) is 13.5. The molecule has 2 bridgehead atoms. The summed E-state index contributed by atoms with van der Waals surface area (Å²) in [5.74, 6) is -0.926. The van der Waals surface area contributed by atoms with Crippen LogP contribution < -0.4 is 15.0 Å². The average molecular weight is 530 g/mol. The Hall–Kier alpha value is -3.81. The molecule has 3 aliphatic heterocycles. The molecule has 3 saturated heterocycles. The van der Waals surface area contributed by atoms with E-state index in [4.69, 9.17) is 9.72 Å². The first kappa shape index (κ1) is 24.2. The fourth-order valence-corrected chi connectivity index (χ4v) is 6.45. The molecular formula is C29H29F2N7O. The number of rotatable bonds is 5. The average Bonchev–Trinajstić information content (AvgIpc) is 3.65. The van der Waals surface area contributed by atoms with Gasteiger partial charge in [-0.3, -0.25) is 0 Å². The molecule has 4 aromatic rings. The highest BCUT2D eigenvalue weighted by atomic mass is 19.1. The van der Waals surface area contributed by atoms with Crippen molar-refractivity contribution in [3.63, 3.8) is 0 Å². The third-order valence-electron chi connectivity index (χ3n) is 8.51. The Morgan fingerprint density at radius 1 is 1.10 bits per heavy atom. The molecule has 2 unspecified atom stereocenters. The van der Waals surface area contributed by atoms with E-state index in [2.05, 4.69) is 38.2 Å². The van der Waals surface area contributed by atoms with Crippen molar-refractivity contribution in [1.29, 1.82) is 5.26 Å². The van der Waals surface area contributed by atoms with Crippen molar-refractivity contribution in [3.8, 4) is 23.2 Å². The second-order valence-electron chi connectivity index (χ2n) is 11.0. The maximum Gasteiger partial charge on any atom is 0.319 e. The molecule has 5 heterocycles. The van der Waals surface area contributed by atoms with Gasteiger partial charge in [0.15, 0.2) is 5.82 Å². The highest BCUT2D eigenvalue weighted by molar-refractivity contribution is 6.00. The fourth-order valence-electron chi connectivity index (χ4n) is 6.45. The first-order valence-electron chi connectivity index (χ1n) is 13.5. The number of aromatic nitrogens is 3. The Morgan fingerprint density at radius 2 is 1.92 bits per heavy atom. The molecule has 10 heteroatoms. The molecule has 8 nitrogen and oxygen atoms in total. The van der Waals surface area contributed by atoms with Crippen LogP contribution in [-0.2, 0) is 0 Å². The third-order valence-corrected chi connectivity index (χ3v) is 8.51. The monoisotopic (exact) mass is 529 g/mol. The number of piperazine rings is 1. The van der Waals surface area contributed by atoms with Gasteiger partial charge in [0, 0.05) is 59.3 Å². The van der Waals surface area contributed by atoms with E-state index in [-0.39, 0.29) is 23.1 Å². The van der Waals surface area contributed by atoms with E-state index in [1.807, 2.05) is 0 Å². The zero-order valence-electron chi connectivity index (χ0n) is 21.7. The minimum absolute atomic E-state index is 0.0417. The predicted octanol–water partition coefficient (Wildman–Crippen LogP) is 4.34. The largest absolute Gasteiger partial charge is 0.462 e. The van der Waals surface area contributed by atoms with Crippen LogP contribution in [0.4, 0.5) is 14.6 Å². The van der Waals surface area contributed by atoms with Gasteiger partial charge in [0.2, 0.25) is 0 Å². The van der Waals surface area contributed by atoms with Crippen LogP contribution in [0.5, 0.6) is 6.01 Å². The number of likely N-dealkylation sites (tertiary alicyclic amines) is 1. The van der Waals surface area contributed by atoms with Crippen molar-refractivity contribution in [2.24, 2.45) is 0 Å². The Labute approximate surface area is 224 Å². The number of hydrogen-bond donors (Lipinski definition) is 2. The smallest absolute Gasteiger partial charge is 0.319 e. The topological polar surface area (TPSA) is 93.1 Å². The van der Waals surface area contributed by atoms with Crippen molar-refractivity contribution in [3.05, 3.63) is 47.7 Å². The summed E-state index contributed by atoms with van der Waals surface area (Å²) in [7, 11) is 2.07. The number of hydrogen-bond acceptors (Lipinski definition) is 7. The van der Waals surface area contributed by atoms with Gasteiger partial charge in [0.1, 0.15) is 23.8 Å². The molecule has 0 saturated carbocycles. The van der Waals surface area contributed by atoms with E-state index >= 15 is 8.78 Å². The molecule has 0 amide bonds. The number of ether oxygens (including phenoxy) is 1. The van der Waals surface area contributed by atoms with Crippen molar-refractivity contribution >= 4 is 27.6 Å². The minimum Gasteiger partial charge on any atom is -0.462 e. The van der Waals surface area contributed by atoms with E-state index in [0.29, 0.717) is 65.0 Å². The maximum atomic E-state index is 16.4. The summed E-state index contributed by atoms with van der Waals surface area (Å²) in [5, 5.41) is 13.8. The number of aromatic amines is 1. The minimum atomic E-state index is -0.750. The van der Waals surface area contributed by atoms with Gasteiger partial charge in [0.05, 0.1) is 17.2 Å². The number of benzene rings is 2. The van der Waals surface area contributed by atoms with Gasteiger partial charge in [0.25, 0.3) is 0 Å². The molecule has 0 aliphatic carbocycles. The number of nitrogens with zero attached hydrogens (tertiary/aromatic N) is 5. The van der Waals surface area contributed by atoms with Gasteiger partial charge in [-0.1, -0.05) is 6.07 Å². The van der Waals surface area contributed by atoms with E-state index < -0.39 is 11.6 Å². The zero-order valence-corrected chi connectivity index (χ0v) is 21.7. The molecular weight excluding hydrogens is 500 g/mol. The highest BCUT2D eigenvalue weighted by Gasteiger charge is 2.34. The molecule has 2 aromatic heterocycles. The van der Waals surface area contributed by atoms with Crippen molar-refractivity contribution in [1.82, 2.24) is 25.2 Å². The Morgan fingerprint density at radius 3 is 2.67 bits per heavy atom. The van der Waals surface area contributed by atoms with Crippen molar-refractivity contribution in [2.75, 3.05) is 38.2 Å². The molecule has 3 fully saturated rings. The summed E-state index contributed by atoms with van der Waals surface area (Å²) in [4.78, 5) is 16.6. The van der Waals surface area contributed by atoms with Gasteiger partial charge < -0.3 is 24.8 Å². The summed E-state index contributed by atoms with van der Waals surface area (Å²) in [6.07, 6.45) is 5.85. The van der Waals surface area contributed by atoms with Crippen LogP contribution in [0.2, 0.25) is 0 Å². The van der Waals surface area contributed by atoms with Crippen LogP contribution >= 0.6 is 0 Å². The van der Waals surface area contributed by atoms with Crippen LogP contribution in [0, 0.1) is 23.0 Å². The number of H-pyrrole nitrogens is 1. The predicted molar refractivity (Wildman–Crippen MR) is 145 cm³/mol. The van der Waals surface area contributed by atoms with Crippen molar-refractivity contribution < 1.29 is 13.5 Å².